The minimum absolute atomic E-state index is 0.230. The van der Waals surface area contributed by atoms with Crippen LogP contribution in [0.25, 0.3) is 0 Å². The van der Waals surface area contributed by atoms with Crippen molar-refractivity contribution in [3.8, 4) is 0 Å². The van der Waals surface area contributed by atoms with Crippen molar-refractivity contribution in [1.82, 2.24) is 15.0 Å². The van der Waals surface area contributed by atoms with Crippen LogP contribution in [0.1, 0.15) is 57.4 Å². The predicted molar refractivity (Wildman–Crippen MR) is 125 cm³/mol. The van der Waals surface area contributed by atoms with E-state index >= 15 is 0 Å². The van der Waals surface area contributed by atoms with E-state index in [0.717, 1.165) is 37.7 Å². The van der Waals surface area contributed by atoms with Crippen LogP contribution in [0.4, 0.5) is 10.5 Å². The molecule has 2 saturated carbocycles. The number of nitrogens with zero attached hydrogens (tertiary/aromatic N) is 1. The molecule has 3 atom stereocenters. The van der Waals surface area contributed by atoms with Gasteiger partial charge < -0.3 is 10.6 Å². The first-order chi connectivity index (χ1) is 15.4. The number of fused-ring (bicyclic) bond motifs is 2. The Kier molecular flexibility index (Phi) is 6.81. The summed E-state index contributed by atoms with van der Waals surface area (Å²) in [6, 6.07) is 9.67. The van der Waals surface area contributed by atoms with Crippen molar-refractivity contribution in [2.24, 2.45) is 11.8 Å². The first-order valence-corrected chi connectivity index (χ1v) is 12.9. The van der Waals surface area contributed by atoms with Gasteiger partial charge in [0.15, 0.2) is 0 Å². The van der Waals surface area contributed by atoms with Crippen LogP contribution in [-0.4, -0.2) is 25.0 Å². The molecule has 3 unspecified atom stereocenters. The van der Waals surface area contributed by atoms with Gasteiger partial charge in [-0.25, -0.2) is 17.9 Å². The number of carbonyl (C=O) groups is 1. The smallest absolute Gasteiger partial charge is 0.319 e. The topological polar surface area (TPSA) is 100 Å². The summed E-state index contributed by atoms with van der Waals surface area (Å²) in [6.07, 6.45) is 10.8. The third-order valence-corrected chi connectivity index (χ3v) is 8.41. The highest BCUT2D eigenvalue weighted by Crippen LogP contribution is 2.46. The second-order valence-corrected chi connectivity index (χ2v) is 10.9. The van der Waals surface area contributed by atoms with Crippen LogP contribution < -0.4 is 15.4 Å². The molecule has 7 nitrogen and oxygen atoms in total. The molecule has 2 amide bonds. The van der Waals surface area contributed by atoms with Crippen molar-refractivity contribution >= 4 is 21.7 Å². The molecule has 0 aliphatic heterocycles. The highest BCUT2D eigenvalue weighted by atomic mass is 32.2. The quantitative estimate of drug-likeness (QED) is 0.574. The van der Waals surface area contributed by atoms with E-state index in [-0.39, 0.29) is 16.5 Å². The molecule has 2 aliphatic rings. The van der Waals surface area contributed by atoms with Gasteiger partial charge >= 0.3 is 6.03 Å². The summed E-state index contributed by atoms with van der Waals surface area (Å²) in [5.74, 6) is 1.22. The van der Waals surface area contributed by atoms with E-state index in [2.05, 4.69) is 27.3 Å². The number of rotatable bonds is 7. The highest BCUT2D eigenvalue weighted by Gasteiger charge is 2.44. The molecule has 2 fully saturated rings. The highest BCUT2D eigenvalue weighted by molar-refractivity contribution is 7.89. The number of anilines is 1. The first kappa shape index (κ1) is 22.7. The molecule has 2 aromatic rings. The second kappa shape index (κ2) is 9.58. The molecule has 8 heteroatoms. The van der Waals surface area contributed by atoms with Crippen LogP contribution in [0.3, 0.4) is 0 Å². The van der Waals surface area contributed by atoms with Gasteiger partial charge in [-0.2, -0.15) is 0 Å². The van der Waals surface area contributed by atoms with Crippen molar-refractivity contribution < 1.29 is 13.2 Å². The number of urea groups is 1. The third-order valence-electron chi connectivity index (χ3n) is 6.82. The van der Waals surface area contributed by atoms with Gasteiger partial charge in [-0.1, -0.05) is 32.3 Å². The Morgan fingerprint density at radius 3 is 2.72 bits per heavy atom. The average Bonchev–Trinajstić information content (AvgIpc) is 2.78. The van der Waals surface area contributed by atoms with Crippen molar-refractivity contribution in [3.63, 3.8) is 0 Å². The Morgan fingerprint density at radius 1 is 1.19 bits per heavy atom. The van der Waals surface area contributed by atoms with Crippen LogP contribution in [0.5, 0.6) is 0 Å². The molecular formula is C24H32N4O3S. The lowest BCUT2D eigenvalue weighted by Gasteiger charge is -2.48. The summed E-state index contributed by atoms with van der Waals surface area (Å²) in [6.45, 7) is 2.56. The monoisotopic (exact) mass is 456 g/mol. The SMILES string of the molecule is CCC1CC2CCCC(NS(=O)(=O)c3ccc(NC(=O)NCc4cccnc4)cc3)(C1)C2. The van der Waals surface area contributed by atoms with E-state index in [9.17, 15) is 13.2 Å². The van der Waals surface area contributed by atoms with Gasteiger partial charge in [0.25, 0.3) is 0 Å². The van der Waals surface area contributed by atoms with E-state index in [0.29, 0.717) is 24.1 Å². The van der Waals surface area contributed by atoms with Crippen molar-refractivity contribution in [2.75, 3.05) is 5.32 Å². The summed E-state index contributed by atoms with van der Waals surface area (Å²) in [5, 5.41) is 5.49. The standard InChI is InChI=1S/C24H32N4O3S/c1-2-18-13-19-5-3-11-24(14-18,15-19)28-32(30,31)22-9-7-21(8-10-22)27-23(29)26-17-20-6-4-12-25-16-20/h4,6-10,12,16,18-19,28H,2-3,5,11,13-15,17H2,1H3,(H2,26,27,29). The second-order valence-electron chi connectivity index (χ2n) is 9.26. The van der Waals surface area contributed by atoms with Crippen LogP contribution in [0.2, 0.25) is 0 Å². The first-order valence-electron chi connectivity index (χ1n) is 11.5. The fourth-order valence-corrected chi connectivity index (χ4v) is 6.80. The molecule has 32 heavy (non-hydrogen) atoms. The minimum atomic E-state index is -3.63. The lowest BCUT2D eigenvalue weighted by Crippen LogP contribution is -2.54. The lowest BCUT2D eigenvalue weighted by molar-refractivity contribution is 0.0935. The predicted octanol–water partition coefficient (Wildman–Crippen LogP) is 4.43. The van der Waals surface area contributed by atoms with E-state index in [1.54, 1.807) is 36.7 Å². The Balaban J connectivity index is 1.37. The van der Waals surface area contributed by atoms with E-state index in [4.69, 9.17) is 0 Å². The summed E-state index contributed by atoms with van der Waals surface area (Å²) in [4.78, 5) is 16.4. The maximum absolute atomic E-state index is 13.2. The van der Waals surface area contributed by atoms with Gasteiger partial charge in [0, 0.05) is 30.2 Å². The lowest BCUT2D eigenvalue weighted by atomic mass is 9.63. The molecule has 0 saturated heterocycles. The molecule has 4 rings (SSSR count). The van der Waals surface area contributed by atoms with Gasteiger partial charge in [0.05, 0.1) is 4.90 Å². The van der Waals surface area contributed by atoms with Crippen LogP contribution in [0.15, 0.2) is 53.7 Å². The number of carbonyl (C=O) groups excluding carboxylic acids is 1. The number of benzene rings is 1. The number of hydrogen-bond donors (Lipinski definition) is 3. The molecule has 0 spiro atoms. The summed E-state index contributed by atoms with van der Waals surface area (Å²) >= 11 is 0. The van der Waals surface area contributed by atoms with Crippen LogP contribution in [0, 0.1) is 11.8 Å². The fourth-order valence-electron chi connectivity index (χ4n) is 5.35. The number of aromatic nitrogens is 1. The summed E-state index contributed by atoms with van der Waals surface area (Å²) < 4.78 is 29.4. The number of hydrogen-bond acceptors (Lipinski definition) is 4. The summed E-state index contributed by atoms with van der Waals surface area (Å²) in [7, 11) is -3.63. The zero-order valence-corrected chi connectivity index (χ0v) is 19.3. The van der Waals surface area contributed by atoms with Crippen LogP contribution in [-0.2, 0) is 16.6 Å². The number of pyridine rings is 1. The molecule has 1 aromatic heterocycles. The normalized spacial score (nSPS) is 25.2. The molecule has 1 aromatic carbocycles. The Morgan fingerprint density at radius 2 is 2.00 bits per heavy atom. The largest absolute Gasteiger partial charge is 0.334 e. The Hall–Kier alpha value is -2.45. The van der Waals surface area contributed by atoms with Crippen molar-refractivity contribution in [3.05, 3.63) is 54.4 Å². The molecule has 1 heterocycles. The van der Waals surface area contributed by atoms with Gasteiger partial charge in [0.1, 0.15) is 0 Å². The molecule has 2 aliphatic carbocycles. The zero-order valence-electron chi connectivity index (χ0n) is 18.5. The Labute approximate surface area is 190 Å². The van der Waals surface area contributed by atoms with Crippen molar-refractivity contribution in [2.45, 2.75) is 68.8 Å². The maximum atomic E-state index is 13.2. The minimum Gasteiger partial charge on any atom is -0.334 e. The van der Waals surface area contributed by atoms with E-state index in [1.165, 1.54) is 12.8 Å². The van der Waals surface area contributed by atoms with Crippen molar-refractivity contribution in [1.29, 1.82) is 0 Å². The van der Waals surface area contributed by atoms with Gasteiger partial charge in [0.2, 0.25) is 10.0 Å². The average molecular weight is 457 g/mol. The van der Waals surface area contributed by atoms with Gasteiger partial charge in [-0.05, 0) is 73.4 Å². The number of amides is 2. The molecule has 0 radical (unpaired) electrons. The zero-order chi connectivity index (χ0) is 22.6. The third kappa shape index (κ3) is 5.48. The van der Waals surface area contributed by atoms with E-state index < -0.39 is 10.0 Å². The maximum Gasteiger partial charge on any atom is 0.319 e. The molecular weight excluding hydrogens is 424 g/mol. The molecule has 172 valence electrons. The number of sulfonamides is 1. The Bertz CT molecular complexity index is 1030. The van der Waals surface area contributed by atoms with Crippen LogP contribution >= 0.6 is 0 Å². The van der Waals surface area contributed by atoms with E-state index in [1.807, 2.05) is 12.1 Å². The summed E-state index contributed by atoms with van der Waals surface area (Å²) in [5.41, 5.74) is 1.11. The van der Waals surface area contributed by atoms with Gasteiger partial charge in [-0.3, -0.25) is 4.98 Å². The fraction of sp³-hybridized carbons (Fsp3) is 0.500. The van der Waals surface area contributed by atoms with Gasteiger partial charge in [-0.15, -0.1) is 0 Å². The number of nitrogens with one attached hydrogen (secondary N) is 3. The molecule has 3 N–H and O–H groups in total. The molecule has 2 bridgehead atoms.